The van der Waals surface area contributed by atoms with E-state index in [0.29, 0.717) is 12.1 Å². The molecule has 2 bridgehead atoms. The average Bonchev–Trinajstić information content (AvgIpc) is 2.49. The number of halogens is 2. The standard InChI is InChI=1S/C15H21ClFN3/c1-18-14(9-11-2-3-13(17)12(16)8-11)15-10-19-4-6-20(15)7-5-19/h2-3,8,14-15,18H,4-7,9-10H2,1H3. The zero-order valence-electron chi connectivity index (χ0n) is 11.8. The van der Waals surface area contributed by atoms with Crippen LogP contribution in [0.5, 0.6) is 0 Å². The largest absolute Gasteiger partial charge is 0.315 e. The van der Waals surface area contributed by atoms with Gasteiger partial charge in [0.15, 0.2) is 0 Å². The fourth-order valence-corrected chi connectivity index (χ4v) is 3.59. The SMILES string of the molecule is CNC(Cc1ccc(F)c(Cl)c1)C1CN2CCN1CC2. The van der Waals surface area contributed by atoms with E-state index in [1.54, 1.807) is 6.07 Å². The molecule has 1 aromatic carbocycles. The van der Waals surface area contributed by atoms with Gasteiger partial charge >= 0.3 is 0 Å². The minimum absolute atomic E-state index is 0.214. The summed E-state index contributed by atoms with van der Waals surface area (Å²) < 4.78 is 13.2. The molecule has 0 radical (unpaired) electrons. The summed E-state index contributed by atoms with van der Waals surface area (Å²) in [4.78, 5) is 5.11. The molecule has 0 aliphatic carbocycles. The predicted molar refractivity (Wildman–Crippen MR) is 79.8 cm³/mol. The molecule has 2 unspecified atom stereocenters. The van der Waals surface area contributed by atoms with Gasteiger partial charge in [0.1, 0.15) is 5.82 Å². The van der Waals surface area contributed by atoms with Gasteiger partial charge in [-0.3, -0.25) is 9.80 Å². The van der Waals surface area contributed by atoms with Crippen LogP contribution >= 0.6 is 11.6 Å². The van der Waals surface area contributed by atoms with Crippen LogP contribution in [0.15, 0.2) is 18.2 Å². The molecule has 3 nitrogen and oxygen atoms in total. The van der Waals surface area contributed by atoms with E-state index in [1.807, 2.05) is 13.1 Å². The average molecular weight is 298 g/mol. The number of fused-ring (bicyclic) bond motifs is 3. The number of nitrogens with zero attached hydrogens (tertiary/aromatic N) is 2. The van der Waals surface area contributed by atoms with Crippen molar-refractivity contribution in [2.45, 2.75) is 18.5 Å². The van der Waals surface area contributed by atoms with Crippen molar-refractivity contribution in [3.8, 4) is 0 Å². The second-order valence-electron chi connectivity index (χ2n) is 5.75. The van der Waals surface area contributed by atoms with E-state index in [9.17, 15) is 4.39 Å². The van der Waals surface area contributed by atoms with E-state index < -0.39 is 0 Å². The molecule has 3 saturated heterocycles. The highest BCUT2D eigenvalue weighted by Crippen LogP contribution is 2.22. The lowest BCUT2D eigenvalue weighted by atomic mass is 9.94. The van der Waals surface area contributed by atoms with Crippen molar-refractivity contribution < 1.29 is 4.39 Å². The molecule has 20 heavy (non-hydrogen) atoms. The summed E-state index contributed by atoms with van der Waals surface area (Å²) >= 11 is 5.88. The molecule has 110 valence electrons. The first-order valence-corrected chi connectivity index (χ1v) is 7.63. The molecule has 0 amide bonds. The van der Waals surface area contributed by atoms with Crippen molar-refractivity contribution in [1.82, 2.24) is 15.1 Å². The summed E-state index contributed by atoms with van der Waals surface area (Å²) in [5.41, 5.74) is 1.09. The van der Waals surface area contributed by atoms with Crippen molar-refractivity contribution in [1.29, 1.82) is 0 Å². The molecule has 5 heteroatoms. The lowest BCUT2D eigenvalue weighted by Gasteiger charge is -2.50. The minimum Gasteiger partial charge on any atom is -0.315 e. The second-order valence-corrected chi connectivity index (χ2v) is 6.16. The number of rotatable bonds is 4. The fourth-order valence-electron chi connectivity index (χ4n) is 3.39. The Hall–Kier alpha value is -0.680. The Balaban J connectivity index is 1.72. The third kappa shape index (κ3) is 2.84. The summed E-state index contributed by atoms with van der Waals surface area (Å²) in [6.07, 6.45) is 0.880. The zero-order chi connectivity index (χ0) is 14.1. The smallest absolute Gasteiger partial charge is 0.141 e. The van der Waals surface area contributed by atoms with Gasteiger partial charge in [0.25, 0.3) is 0 Å². The van der Waals surface area contributed by atoms with Crippen LogP contribution in [0.3, 0.4) is 0 Å². The molecular weight excluding hydrogens is 277 g/mol. The Morgan fingerprint density at radius 2 is 2.10 bits per heavy atom. The topological polar surface area (TPSA) is 18.5 Å². The van der Waals surface area contributed by atoms with Gasteiger partial charge in [0.05, 0.1) is 5.02 Å². The molecular formula is C15H21ClFN3. The molecule has 3 heterocycles. The van der Waals surface area contributed by atoms with Crippen LogP contribution in [0.25, 0.3) is 0 Å². The van der Waals surface area contributed by atoms with Crippen LogP contribution in [0.4, 0.5) is 4.39 Å². The number of hydrogen-bond donors (Lipinski definition) is 1. The number of piperazine rings is 3. The van der Waals surface area contributed by atoms with Crippen LogP contribution in [0, 0.1) is 5.82 Å². The van der Waals surface area contributed by atoms with Gasteiger partial charge in [0.2, 0.25) is 0 Å². The van der Waals surface area contributed by atoms with E-state index in [0.717, 1.165) is 31.6 Å². The molecule has 3 aliphatic rings. The quantitative estimate of drug-likeness (QED) is 0.911. The first-order chi connectivity index (χ1) is 9.67. The van der Waals surface area contributed by atoms with Gasteiger partial charge < -0.3 is 5.32 Å². The van der Waals surface area contributed by atoms with Gasteiger partial charge in [-0.05, 0) is 31.2 Å². The molecule has 3 aliphatic heterocycles. The highest BCUT2D eigenvalue weighted by atomic mass is 35.5. The Morgan fingerprint density at radius 3 is 2.65 bits per heavy atom. The van der Waals surface area contributed by atoms with Crippen molar-refractivity contribution in [2.24, 2.45) is 0 Å². The van der Waals surface area contributed by atoms with Crippen LogP contribution < -0.4 is 5.32 Å². The number of nitrogens with one attached hydrogen (secondary N) is 1. The van der Waals surface area contributed by atoms with Gasteiger partial charge in [0, 0.05) is 44.8 Å². The van der Waals surface area contributed by atoms with Gasteiger partial charge in [-0.15, -0.1) is 0 Å². The van der Waals surface area contributed by atoms with E-state index in [4.69, 9.17) is 11.6 Å². The van der Waals surface area contributed by atoms with Crippen molar-refractivity contribution in [3.05, 3.63) is 34.6 Å². The van der Waals surface area contributed by atoms with Crippen LogP contribution in [0.1, 0.15) is 5.56 Å². The van der Waals surface area contributed by atoms with E-state index >= 15 is 0 Å². The van der Waals surface area contributed by atoms with Crippen LogP contribution in [-0.2, 0) is 6.42 Å². The third-order valence-corrected chi connectivity index (χ3v) is 4.89. The molecule has 2 atom stereocenters. The molecule has 0 spiro atoms. The molecule has 4 rings (SSSR count). The number of benzene rings is 1. The van der Waals surface area contributed by atoms with E-state index in [2.05, 4.69) is 15.1 Å². The molecule has 1 N–H and O–H groups in total. The molecule has 1 aromatic rings. The Bertz CT molecular complexity index is 474. The fraction of sp³-hybridized carbons (Fsp3) is 0.600. The normalized spacial score (nSPS) is 30.4. The Labute approximate surface area is 124 Å². The number of hydrogen-bond acceptors (Lipinski definition) is 3. The summed E-state index contributed by atoms with van der Waals surface area (Å²) in [6, 6.07) is 5.95. The van der Waals surface area contributed by atoms with Crippen LogP contribution in [0.2, 0.25) is 5.02 Å². The number of likely N-dealkylation sites (N-methyl/N-ethyl adjacent to an activating group) is 1. The first kappa shape index (κ1) is 14.3. The summed E-state index contributed by atoms with van der Waals surface area (Å²) in [5, 5.41) is 3.65. The van der Waals surface area contributed by atoms with Crippen molar-refractivity contribution in [2.75, 3.05) is 39.8 Å². The van der Waals surface area contributed by atoms with Crippen LogP contribution in [-0.4, -0.2) is 61.7 Å². The summed E-state index contributed by atoms with van der Waals surface area (Å²) in [6.45, 7) is 5.82. The maximum Gasteiger partial charge on any atom is 0.141 e. The second kappa shape index (κ2) is 5.98. The maximum atomic E-state index is 13.2. The van der Waals surface area contributed by atoms with Crippen molar-refractivity contribution in [3.63, 3.8) is 0 Å². The van der Waals surface area contributed by atoms with E-state index in [-0.39, 0.29) is 10.8 Å². The Kier molecular flexibility index (Phi) is 4.26. The summed E-state index contributed by atoms with van der Waals surface area (Å²) in [5.74, 6) is -0.344. The molecule has 0 aromatic heterocycles. The Morgan fingerprint density at radius 1 is 1.35 bits per heavy atom. The zero-order valence-corrected chi connectivity index (χ0v) is 12.5. The molecule has 0 saturated carbocycles. The molecule has 3 fully saturated rings. The van der Waals surface area contributed by atoms with Gasteiger partial charge in [-0.25, -0.2) is 4.39 Å². The monoisotopic (exact) mass is 297 g/mol. The lowest BCUT2D eigenvalue weighted by molar-refractivity contribution is -0.00202. The summed E-state index contributed by atoms with van der Waals surface area (Å²) in [7, 11) is 2.01. The van der Waals surface area contributed by atoms with Gasteiger partial charge in [-0.2, -0.15) is 0 Å². The predicted octanol–water partition coefficient (Wildman–Crippen LogP) is 1.61. The lowest BCUT2D eigenvalue weighted by Crippen LogP contribution is -2.66. The highest BCUT2D eigenvalue weighted by molar-refractivity contribution is 6.30. The van der Waals surface area contributed by atoms with Gasteiger partial charge in [-0.1, -0.05) is 17.7 Å². The maximum absolute atomic E-state index is 13.2. The van der Waals surface area contributed by atoms with E-state index in [1.165, 1.54) is 19.2 Å². The highest BCUT2D eigenvalue weighted by Gasteiger charge is 2.36. The van der Waals surface area contributed by atoms with Crippen molar-refractivity contribution >= 4 is 11.6 Å². The minimum atomic E-state index is -0.344. The first-order valence-electron chi connectivity index (χ1n) is 7.25. The third-order valence-electron chi connectivity index (χ3n) is 4.60.